The fourth-order valence-electron chi connectivity index (χ4n) is 3.30. The molecule has 0 radical (unpaired) electrons. The number of nitrogens with zero attached hydrogens (tertiary/aromatic N) is 1. The molecular formula is C19H25NS. The van der Waals surface area contributed by atoms with Gasteiger partial charge in [0.15, 0.2) is 0 Å². The first kappa shape index (κ1) is 14.8. The van der Waals surface area contributed by atoms with E-state index in [0.717, 1.165) is 6.54 Å². The lowest BCUT2D eigenvalue weighted by molar-refractivity contribution is 0.195. The second kappa shape index (κ2) is 6.76. The molecule has 0 spiro atoms. The summed E-state index contributed by atoms with van der Waals surface area (Å²) >= 11 is 1.92. The minimum atomic E-state index is 0.620. The zero-order valence-electron chi connectivity index (χ0n) is 13.1. The summed E-state index contributed by atoms with van der Waals surface area (Å²) < 4.78 is 0. The minimum Gasteiger partial charge on any atom is -0.291 e. The van der Waals surface area contributed by atoms with Crippen molar-refractivity contribution in [1.82, 2.24) is 4.90 Å². The third-order valence-electron chi connectivity index (χ3n) is 4.69. The van der Waals surface area contributed by atoms with Crippen LogP contribution in [0, 0.1) is 13.8 Å². The molecule has 0 N–H and O–H groups in total. The van der Waals surface area contributed by atoms with Crippen molar-refractivity contribution in [2.45, 2.75) is 52.1 Å². The van der Waals surface area contributed by atoms with Crippen LogP contribution in [0.4, 0.5) is 0 Å². The van der Waals surface area contributed by atoms with Gasteiger partial charge in [0.1, 0.15) is 0 Å². The third-order valence-corrected chi connectivity index (χ3v) is 5.67. The van der Waals surface area contributed by atoms with Crippen molar-refractivity contribution in [1.29, 1.82) is 0 Å². The number of rotatable bonds is 3. The zero-order chi connectivity index (χ0) is 14.7. The van der Waals surface area contributed by atoms with E-state index in [1.54, 1.807) is 4.88 Å². The molecule has 2 heteroatoms. The molecule has 0 unspecified atom stereocenters. The molecule has 1 aliphatic rings. The summed E-state index contributed by atoms with van der Waals surface area (Å²) in [5, 5.41) is 2.22. The summed E-state index contributed by atoms with van der Waals surface area (Å²) in [4.78, 5) is 4.24. The summed E-state index contributed by atoms with van der Waals surface area (Å²) in [6, 6.07) is 12.1. The molecule has 3 rings (SSSR count). The van der Waals surface area contributed by atoms with Gasteiger partial charge in [-0.3, -0.25) is 4.90 Å². The second-order valence-corrected chi connectivity index (χ2v) is 7.25. The quantitative estimate of drug-likeness (QED) is 0.725. The molecule has 0 amide bonds. The Morgan fingerprint density at radius 2 is 2.00 bits per heavy atom. The molecule has 1 aromatic heterocycles. The van der Waals surface area contributed by atoms with Gasteiger partial charge in [0.25, 0.3) is 0 Å². The van der Waals surface area contributed by atoms with Gasteiger partial charge in [-0.1, -0.05) is 37.1 Å². The molecule has 2 heterocycles. The minimum absolute atomic E-state index is 0.620. The first-order chi connectivity index (χ1) is 10.2. The van der Waals surface area contributed by atoms with Crippen LogP contribution in [-0.2, 0) is 6.54 Å². The monoisotopic (exact) mass is 299 g/mol. The molecule has 1 aliphatic heterocycles. The Hall–Kier alpha value is -1.12. The number of hydrogen-bond donors (Lipinski definition) is 0. The van der Waals surface area contributed by atoms with Crippen LogP contribution in [-0.4, -0.2) is 11.4 Å². The van der Waals surface area contributed by atoms with E-state index < -0.39 is 0 Å². The fraction of sp³-hybridized carbons (Fsp3) is 0.474. The average molecular weight is 299 g/mol. The van der Waals surface area contributed by atoms with Gasteiger partial charge < -0.3 is 0 Å². The van der Waals surface area contributed by atoms with Crippen molar-refractivity contribution in [2.24, 2.45) is 0 Å². The van der Waals surface area contributed by atoms with E-state index in [1.165, 1.54) is 48.9 Å². The van der Waals surface area contributed by atoms with Gasteiger partial charge in [0.05, 0.1) is 0 Å². The molecule has 1 nitrogen and oxygen atoms in total. The first-order valence-electron chi connectivity index (χ1n) is 8.07. The molecule has 0 aliphatic carbocycles. The van der Waals surface area contributed by atoms with Gasteiger partial charge in [-0.05, 0) is 61.4 Å². The van der Waals surface area contributed by atoms with Gasteiger partial charge in [0, 0.05) is 17.5 Å². The molecule has 1 fully saturated rings. The first-order valence-corrected chi connectivity index (χ1v) is 8.95. The number of benzene rings is 1. The van der Waals surface area contributed by atoms with Crippen molar-refractivity contribution in [2.75, 3.05) is 6.54 Å². The number of aryl methyl sites for hydroxylation is 2. The van der Waals surface area contributed by atoms with E-state index in [-0.39, 0.29) is 0 Å². The normalized spacial score (nSPS) is 20.4. The largest absolute Gasteiger partial charge is 0.291 e. The lowest BCUT2D eigenvalue weighted by Crippen LogP contribution is -2.27. The van der Waals surface area contributed by atoms with Gasteiger partial charge in [-0.15, -0.1) is 11.3 Å². The Bertz CT molecular complexity index is 573. The highest BCUT2D eigenvalue weighted by Crippen LogP contribution is 2.33. The van der Waals surface area contributed by atoms with Crippen LogP contribution in [0.25, 0.3) is 0 Å². The maximum atomic E-state index is 2.70. The summed E-state index contributed by atoms with van der Waals surface area (Å²) in [6.07, 6.45) is 5.40. The average Bonchev–Trinajstić information content (AvgIpc) is 2.91. The maximum Gasteiger partial charge on any atom is 0.0445 e. The molecule has 21 heavy (non-hydrogen) atoms. The summed E-state index contributed by atoms with van der Waals surface area (Å²) in [5.41, 5.74) is 4.26. The van der Waals surface area contributed by atoms with E-state index in [0.29, 0.717) is 6.04 Å². The fourth-order valence-corrected chi connectivity index (χ4v) is 4.19. The van der Waals surface area contributed by atoms with Gasteiger partial charge in [-0.25, -0.2) is 0 Å². The van der Waals surface area contributed by atoms with Crippen LogP contribution in [0.1, 0.15) is 53.3 Å². The lowest BCUT2D eigenvalue weighted by atomic mass is 10.0. The van der Waals surface area contributed by atoms with Crippen LogP contribution in [0.5, 0.6) is 0 Å². The molecule has 112 valence electrons. The standard InChI is InChI=1S/C19H25NS/c1-15-9-10-17(13-16(15)2)14-20-11-5-3-4-7-18(20)19-8-6-12-21-19/h6,8-10,12-13,18H,3-5,7,11,14H2,1-2H3/t18-/m1/s1. The summed E-state index contributed by atoms with van der Waals surface area (Å²) in [7, 11) is 0. The molecule has 2 aromatic rings. The van der Waals surface area contributed by atoms with Crippen LogP contribution in [0.2, 0.25) is 0 Å². The predicted molar refractivity (Wildman–Crippen MR) is 91.9 cm³/mol. The SMILES string of the molecule is Cc1ccc(CN2CCCCC[C@@H]2c2cccs2)cc1C. The lowest BCUT2D eigenvalue weighted by Gasteiger charge is -2.29. The van der Waals surface area contributed by atoms with Crippen LogP contribution in [0.3, 0.4) is 0 Å². The molecule has 0 saturated carbocycles. The highest BCUT2D eigenvalue weighted by atomic mass is 32.1. The molecule has 1 atom stereocenters. The van der Waals surface area contributed by atoms with Crippen molar-refractivity contribution < 1.29 is 0 Å². The van der Waals surface area contributed by atoms with E-state index in [2.05, 4.69) is 54.5 Å². The van der Waals surface area contributed by atoms with E-state index in [9.17, 15) is 0 Å². The Morgan fingerprint density at radius 3 is 2.76 bits per heavy atom. The molecular weight excluding hydrogens is 274 g/mol. The van der Waals surface area contributed by atoms with E-state index >= 15 is 0 Å². The number of thiophene rings is 1. The Morgan fingerprint density at radius 1 is 1.10 bits per heavy atom. The predicted octanol–water partition coefficient (Wildman–Crippen LogP) is 5.48. The molecule has 0 bridgehead atoms. The number of hydrogen-bond acceptors (Lipinski definition) is 2. The third kappa shape index (κ3) is 3.56. The van der Waals surface area contributed by atoms with Crippen molar-refractivity contribution in [3.05, 3.63) is 57.3 Å². The Labute approximate surface area is 132 Å². The Balaban J connectivity index is 1.81. The van der Waals surface area contributed by atoms with E-state index in [4.69, 9.17) is 0 Å². The van der Waals surface area contributed by atoms with Crippen molar-refractivity contribution in [3.63, 3.8) is 0 Å². The highest BCUT2D eigenvalue weighted by Gasteiger charge is 2.23. The van der Waals surface area contributed by atoms with Gasteiger partial charge in [-0.2, -0.15) is 0 Å². The second-order valence-electron chi connectivity index (χ2n) is 6.27. The number of likely N-dealkylation sites (tertiary alicyclic amines) is 1. The maximum absolute atomic E-state index is 2.70. The summed E-state index contributed by atoms with van der Waals surface area (Å²) in [6.45, 7) is 6.73. The van der Waals surface area contributed by atoms with Crippen LogP contribution < -0.4 is 0 Å². The van der Waals surface area contributed by atoms with Gasteiger partial charge in [0.2, 0.25) is 0 Å². The van der Waals surface area contributed by atoms with Crippen molar-refractivity contribution in [3.8, 4) is 0 Å². The molecule has 1 saturated heterocycles. The summed E-state index contributed by atoms with van der Waals surface area (Å²) in [5.74, 6) is 0. The zero-order valence-corrected chi connectivity index (χ0v) is 14.0. The van der Waals surface area contributed by atoms with E-state index in [1.807, 2.05) is 11.3 Å². The van der Waals surface area contributed by atoms with Crippen LogP contribution in [0.15, 0.2) is 35.7 Å². The Kier molecular flexibility index (Phi) is 4.77. The topological polar surface area (TPSA) is 3.24 Å². The van der Waals surface area contributed by atoms with Crippen LogP contribution >= 0.6 is 11.3 Å². The highest BCUT2D eigenvalue weighted by molar-refractivity contribution is 7.10. The smallest absolute Gasteiger partial charge is 0.0445 e. The van der Waals surface area contributed by atoms with Crippen molar-refractivity contribution >= 4 is 11.3 Å². The van der Waals surface area contributed by atoms with Gasteiger partial charge >= 0.3 is 0 Å². The molecule has 1 aromatic carbocycles.